The quantitative estimate of drug-likeness (QED) is 0.873. The Morgan fingerprint density at radius 3 is 2.41 bits per heavy atom. The number of rotatable bonds is 3. The van der Waals surface area contributed by atoms with Crippen LogP contribution in [-0.4, -0.2) is 53.7 Å². The van der Waals surface area contributed by atoms with Crippen LogP contribution in [0.25, 0.3) is 0 Å². The second-order valence-corrected chi connectivity index (χ2v) is 6.97. The van der Waals surface area contributed by atoms with E-state index in [1.54, 1.807) is 21.1 Å². The molecule has 0 aromatic carbocycles. The molecule has 1 unspecified atom stereocenters. The Morgan fingerprint density at radius 2 is 1.86 bits per heavy atom. The minimum atomic E-state index is -0.513. The van der Waals surface area contributed by atoms with E-state index in [-0.39, 0.29) is 24.9 Å². The number of carbonyl (C=O) groups is 3. The van der Waals surface area contributed by atoms with Crippen molar-refractivity contribution in [3.05, 3.63) is 21.9 Å². The minimum Gasteiger partial charge on any atom is -0.369 e. The van der Waals surface area contributed by atoms with E-state index in [4.69, 9.17) is 5.73 Å². The molecule has 0 radical (unpaired) electrons. The summed E-state index contributed by atoms with van der Waals surface area (Å²) in [5, 5.41) is 0. The normalized spacial score (nSPS) is 18.9. The molecule has 120 valence electrons. The molecule has 0 spiro atoms. The van der Waals surface area contributed by atoms with Crippen LogP contribution in [0.4, 0.5) is 0 Å². The summed E-state index contributed by atoms with van der Waals surface area (Å²) in [7, 11) is 0. The molecule has 2 heterocycles. The molecule has 6 nitrogen and oxygen atoms in total. The predicted molar refractivity (Wildman–Crippen MR) is 84.3 cm³/mol. The number of nitrogens with zero attached hydrogens (tertiary/aromatic N) is 2. The number of aryl methyl sites for hydroxylation is 1. The summed E-state index contributed by atoms with van der Waals surface area (Å²) in [5.41, 5.74) is 5.40. The maximum atomic E-state index is 12.5. The van der Waals surface area contributed by atoms with Crippen molar-refractivity contribution >= 4 is 29.1 Å². The van der Waals surface area contributed by atoms with Gasteiger partial charge in [-0.1, -0.05) is 0 Å². The molecular formula is C15H21N3O3S. The highest BCUT2D eigenvalue weighted by atomic mass is 32.1. The van der Waals surface area contributed by atoms with Gasteiger partial charge in [0.2, 0.25) is 17.7 Å². The molecule has 1 aliphatic rings. The summed E-state index contributed by atoms with van der Waals surface area (Å²) in [5.74, 6) is -1.12. The van der Waals surface area contributed by atoms with E-state index in [1.807, 2.05) is 19.1 Å². The van der Waals surface area contributed by atoms with E-state index < -0.39 is 11.8 Å². The van der Waals surface area contributed by atoms with Gasteiger partial charge in [-0.3, -0.25) is 14.4 Å². The van der Waals surface area contributed by atoms with Crippen LogP contribution in [0, 0.1) is 12.8 Å². The van der Waals surface area contributed by atoms with E-state index in [0.29, 0.717) is 19.5 Å². The number of primary amides is 1. The van der Waals surface area contributed by atoms with Gasteiger partial charge < -0.3 is 15.5 Å². The Labute approximate surface area is 133 Å². The zero-order chi connectivity index (χ0) is 16.3. The van der Waals surface area contributed by atoms with E-state index in [9.17, 15) is 14.4 Å². The van der Waals surface area contributed by atoms with E-state index in [2.05, 4.69) is 0 Å². The molecule has 0 saturated carbocycles. The van der Waals surface area contributed by atoms with Crippen LogP contribution < -0.4 is 5.73 Å². The molecule has 2 rings (SSSR count). The Balaban J connectivity index is 2.07. The SMILES string of the molecule is CC(=O)N1CCN(C(=O)Cc2ccc(C)s2)CC(C(N)=O)C1. The van der Waals surface area contributed by atoms with Crippen molar-refractivity contribution in [1.82, 2.24) is 9.80 Å². The number of nitrogens with two attached hydrogens (primary N) is 1. The summed E-state index contributed by atoms with van der Waals surface area (Å²) < 4.78 is 0. The zero-order valence-electron chi connectivity index (χ0n) is 12.9. The highest BCUT2D eigenvalue weighted by Crippen LogP contribution is 2.18. The highest BCUT2D eigenvalue weighted by Gasteiger charge is 2.29. The topological polar surface area (TPSA) is 83.7 Å². The van der Waals surface area contributed by atoms with Crippen molar-refractivity contribution in [2.45, 2.75) is 20.3 Å². The van der Waals surface area contributed by atoms with Gasteiger partial charge in [-0.15, -0.1) is 11.3 Å². The molecular weight excluding hydrogens is 302 g/mol. The first kappa shape index (κ1) is 16.5. The lowest BCUT2D eigenvalue weighted by Gasteiger charge is -2.22. The fraction of sp³-hybridized carbons (Fsp3) is 0.533. The Morgan fingerprint density at radius 1 is 1.23 bits per heavy atom. The van der Waals surface area contributed by atoms with Gasteiger partial charge in [0.1, 0.15) is 0 Å². The first-order valence-electron chi connectivity index (χ1n) is 7.24. The van der Waals surface area contributed by atoms with Gasteiger partial charge >= 0.3 is 0 Å². The van der Waals surface area contributed by atoms with Crippen molar-refractivity contribution < 1.29 is 14.4 Å². The van der Waals surface area contributed by atoms with E-state index >= 15 is 0 Å². The number of amides is 3. The summed E-state index contributed by atoms with van der Waals surface area (Å²) in [6.45, 7) is 4.90. The first-order chi connectivity index (χ1) is 10.4. The van der Waals surface area contributed by atoms with Gasteiger partial charge in [0.05, 0.1) is 12.3 Å². The van der Waals surface area contributed by atoms with Gasteiger partial charge in [0, 0.05) is 42.9 Å². The molecule has 1 saturated heterocycles. The number of hydrogen-bond acceptors (Lipinski definition) is 4. The minimum absolute atomic E-state index is 0.0292. The summed E-state index contributed by atoms with van der Waals surface area (Å²) >= 11 is 1.59. The molecule has 3 amide bonds. The van der Waals surface area contributed by atoms with Crippen LogP contribution in [0.15, 0.2) is 12.1 Å². The Hall–Kier alpha value is -1.89. The summed E-state index contributed by atoms with van der Waals surface area (Å²) in [4.78, 5) is 41.0. The fourth-order valence-electron chi connectivity index (χ4n) is 2.55. The number of thiophene rings is 1. The van der Waals surface area contributed by atoms with Crippen LogP contribution >= 0.6 is 11.3 Å². The van der Waals surface area contributed by atoms with Crippen molar-refractivity contribution in [2.75, 3.05) is 26.2 Å². The smallest absolute Gasteiger partial charge is 0.227 e. The first-order valence-corrected chi connectivity index (χ1v) is 8.06. The lowest BCUT2D eigenvalue weighted by molar-refractivity contribution is -0.132. The average Bonchev–Trinajstić information content (AvgIpc) is 2.73. The third-order valence-corrected chi connectivity index (χ3v) is 4.84. The van der Waals surface area contributed by atoms with Crippen molar-refractivity contribution in [1.29, 1.82) is 0 Å². The molecule has 0 bridgehead atoms. The maximum absolute atomic E-state index is 12.5. The Kier molecular flexibility index (Phi) is 5.18. The number of carbonyl (C=O) groups excluding carboxylic acids is 3. The summed E-state index contributed by atoms with van der Waals surface area (Å²) in [6.07, 6.45) is 0.323. The van der Waals surface area contributed by atoms with Crippen LogP contribution in [0.3, 0.4) is 0 Å². The highest BCUT2D eigenvalue weighted by molar-refractivity contribution is 7.12. The molecule has 0 aliphatic carbocycles. The maximum Gasteiger partial charge on any atom is 0.227 e. The second kappa shape index (κ2) is 6.91. The third kappa shape index (κ3) is 4.07. The molecule has 1 aromatic heterocycles. The van der Waals surface area contributed by atoms with Gasteiger partial charge in [0.15, 0.2) is 0 Å². The lowest BCUT2D eigenvalue weighted by Crippen LogP contribution is -2.41. The van der Waals surface area contributed by atoms with Crippen LogP contribution in [-0.2, 0) is 20.8 Å². The molecule has 1 aromatic rings. The third-order valence-electron chi connectivity index (χ3n) is 3.84. The molecule has 1 fully saturated rings. The van der Waals surface area contributed by atoms with Crippen LogP contribution in [0.2, 0.25) is 0 Å². The van der Waals surface area contributed by atoms with E-state index in [0.717, 1.165) is 9.75 Å². The molecule has 1 atom stereocenters. The average molecular weight is 323 g/mol. The largest absolute Gasteiger partial charge is 0.369 e. The van der Waals surface area contributed by atoms with Crippen LogP contribution in [0.5, 0.6) is 0 Å². The molecule has 7 heteroatoms. The fourth-order valence-corrected chi connectivity index (χ4v) is 3.43. The van der Waals surface area contributed by atoms with Crippen molar-refractivity contribution in [3.8, 4) is 0 Å². The van der Waals surface area contributed by atoms with Crippen LogP contribution in [0.1, 0.15) is 16.7 Å². The van der Waals surface area contributed by atoms with Gasteiger partial charge in [-0.05, 0) is 19.1 Å². The monoisotopic (exact) mass is 323 g/mol. The lowest BCUT2D eigenvalue weighted by atomic mass is 10.1. The van der Waals surface area contributed by atoms with E-state index in [1.165, 1.54) is 6.92 Å². The van der Waals surface area contributed by atoms with Crippen molar-refractivity contribution in [2.24, 2.45) is 11.7 Å². The predicted octanol–water partition coefficient (Wildman–Crippen LogP) is 0.391. The number of hydrogen-bond donors (Lipinski definition) is 1. The standard InChI is InChI=1S/C15H21N3O3S/c1-10-3-4-13(22-10)7-14(20)18-6-5-17(11(2)19)8-12(9-18)15(16)21/h3-4,12H,5-9H2,1-2H3,(H2,16,21). The zero-order valence-corrected chi connectivity index (χ0v) is 13.7. The Bertz CT molecular complexity index is 584. The molecule has 2 N–H and O–H groups in total. The van der Waals surface area contributed by atoms with Gasteiger partial charge in [-0.25, -0.2) is 0 Å². The van der Waals surface area contributed by atoms with Gasteiger partial charge in [-0.2, -0.15) is 0 Å². The molecule has 1 aliphatic heterocycles. The molecule has 22 heavy (non-hydrogen) atoms. The van der Waals surface area contributed by atoms with Gasteiger partial charge in [0.25, 0.3) is 0 Å². The van der Waals surface area contributed by atoms with Crippen molar-refractivity contribution in [3.63, 3.8) is 0 Å². The second-order valence-electron chi connectivity index (χ2n) is 5.59. The summed E-state index contributed by atoms with van der Waals surface area (Å²) in [6, 6.07) is 3.93.